The van der Waals surface area contributed by atoms with Gasteiger partial charge >= 0.3 is 0 Å². The third-order valence-corrected chi connectivity index (χ3v) is 4.11. The molecule has 0 spiro atoms. The lowest BCUT2D eigenvalue weighted by Crippen LogP contribution is -2.49. The molecule has 4 nitrogen and oxygen atoms in total. The Balaban J connectivity index is 1.79. The van der Waals surface area contributed by atoms with Gasteiger partial charge in [0.05, 0.1) is 11.1 Å². The van der Waals surface area contributed by atoms with E-state index in [9.17, 15) is 4.79 Å². The number of para-hydroxylation sites is 1. The van der Waals surface area contributed by atoms with Crippen LogP contribution < -0.4 is 0 Å². The van der Waals surface area contributed by atoms with Gasteiger partial charge in [0.25, 0.3) is 5.91 Å². The van der Waals surface area contributed by atoms with E-state index >= 15 is 0 Å². The molecule has 5 heteroatoms. The number of amides is 1. The first-order valence-electron chi connectivity index (χ1n) is 7.21. The number of halogens is 1. The Kier molecular flexibility index (Phi) is 4.36. The number of fused-ring (bicyclic) bond motifs is 1. The number of aromatic nitrogens is 1. The van der Waals surface area contributed by atoms with Crippen LogP contribution in [-0.4, -0.2) is 59.3 Å². The minimum absolute atomic E-state index is 0.0964. The number of carbonyl (C=O) groups is 1. The van der Waals surface area contributed by atoms with E-state index in [1.54, 1.807) is 6.20 Å². The zero-order valence-corrected chi connectivity index (χ0v) is 12.6. The Hall–Kier alpha value is -1.65. The van der Waals surface area contributed by atoms with E-state index in [1.807, 2.05) is 35.2 Å². The maximum Gasteiger partial charge on any atom is 0.254 e. The molecule has 0 bridgehead atoms. The quantitative estimate of drug-likeness (QED) is 0.816. The SMILES string of the molecule is O=C(c1ccnc2ccccc12)N1CCN(CCCl)CC1. The smallest absolute Gasteiger partial charge is 0.254 e. The first kappa shape index (κ1) is 14.3. The molecule has 1 aliphatic rings. The van der Waals surface area contributed by atoms with Crippen LogP contribution in [0.15, 0.2) is 36.5 Å². The molecule has 0 radical (unpaired) electrons. The van der Waals surface area contributed by atoms with E-state index in [2.05, 4.69) is 9.88 Å². The Morgan fingerprint density at radius 1 is 1.14 bits per heavy atom. The van der Waals surface area contributed by atoms with Gasteiger partial charge in [-0.25, -0.2) is 0 Å². The van der Waals surface area contributed by atoms with E-state index in [4.69, 9.17) is 11.6 Å². The van der Waals surface area contributed by atoms with Crippen molar-refractivity contribution in [2.24, 2.45) is 0 Å². The van der Waals surface area contributed by atoms with Gasteiger partial charge in [0.2, 0.25) is 0 Å². The molecule has 1 aromatic carbocycles. The van der Waals surface area contributed by atoms with Crippen molar-refractivity contribution >= 4 is 28.4 Å². The average Bonchev–Trinajstić information content (AvgIpc) is 2.55. The number of piperazine rings is 1. The maximum absolute atomic E-state index is 12.7. The zero-order chi connectivity index (χ0) is 14.7. The molecule has 0 unspecified atom stereocenters. The van der Waals surface area contributed by atoms with Gasteiger partial charge in [-0.3, -0.25) is 14.7 Å². The Bertz CT molecular complexity index is 633. The van der Waals surface area contributed by atoms with Crippen LogP contribution in [-0.2, 0) is 0 Å². The van der Waals surface area contributed by atoms with Crippen molar-refractivity contribution in [2.75, 3.05) is 38.6 Å². The molecule has 1 amide bonds. The highest BCUT2D eigenvalue weighted by Gasteiger charge is 2.22. The fourth-order valence-corrected chi connectivity index (χ4v) is 2.99. The lowest BCUT2D eigenvalue weighted by Gasteiger charge is -2.34. The Morgan fingerprint density at radius 2 is 1.90 bits per heavy atom. The van der Waals surface area contributed by atoms with Crippen LogP contribution in [0, 0.1) is 0 Å². The number of rotatable bonds is 3. The summed E-state index contributed by atoms with van der Waals surface area (Å²) in [5.41, 5.74) is 1.61. The molecule has 1 saturated heterocycles. The molecule has 0 saturated carbocycles. The van der Waals surface area contributed by atoms with Crippen molar-refractivity contribution in [3.05, 3.63) is 42.1 Å². The normalized spacial score (nSPS) is 16.3. The average molecular weight is 304 g/mol. The van der Waals surface area contributed by atoms with Gasteiger partial charge in [0.1, 0.15) is 0 Å². The zero-order valence-electron chi connectivity index (χ0n) is 11.8. The van der Waals surface area contributed by atoms with Gasteiger partial charge in [-0.2, -0.15) is 0 Å². The van der Waals surface area contributed by atoms with Crippen LogP contribution in [0.1, 0.15) is 10.4 Å². The number of hydrogen-bond donors (Lipinski definition) is 0. The van der Waals surface area contributed by atoms with Gasteiger partial charge in [0.15, 0.2) is 0 Å². The van der Waals surface area contributed by atoms with Crippen LogP contribution in [0.3, 0.4) is 0 Å². The van der Waals surface area contributed by atoms with Crippen molar-refractivity contribution in [1.29, 1.82) is 0 Å². The van der Waals surface area contributed by atoms with E-state index in [0.717, 1.165) is 49.2 Å². The molecule has 1 aromatic heterocycles. The molecular weight excluding hydrogens is 286 g/mol. The van der Waals surface area contributed by atoms with Crippen LogP contribution in [0.5, 0.6) is 0 Å². The van der Waals surface area contributed by atoms with Gasteiger partial charge < -0.3 is 4.90 Å². The highest BCUT2D eigenvalue weighted by molar-refractivity contribution is 6.18. The molecule has 21 heavy (non-hydrogen) atoms. The van der Waals surface area contributed by atoms with Crippen molar-refractivity contribution in [1.82, 2.24) is 14.8 Å². The number of alkyl halides is 1. The molecule has 1 fully saturated rings. The predicted molar refractivity (Wildman–Crippen MR) is 84.8 cm³/mol. The summed E-state index contributed by atoms with van der Waals surface area (Å²) in [4.78, 5) is 21.3. The summed E-state index contributed by atoms with van der Waals surface area (Å²) in [6.07, 6.45) is 1.71. The molecule has 0 N–H and O–H groups in total. The largest absolute Gasteiger partial charge is 0.336 e. The molecule has 2 heterocycles. The molecule has 110 valence electrons. The third-order valence-electron chi connectivity index (χ3n) is 3.94. The number of pyridine rings is 1. The van der Waals surface area contributed by atoms with Gasteiger partial charge in [-0.1, -0.05) is 18.2 Å². The van der Waals surface area contributed by atoms with Crippen molar-refractivity contribution in [3.8, 4) is 0 Å². The Labute approximate surface area is 129 Å². The molecule has 3 rings (SSSR count). The standard InChI is InChI=1S/C16H18ClN3O/c17-6-8-19-9-11-20(12-10-19)16(21)14-5-7-18-15-4-2-1-3-13(14)15/h1-5,7H,6,8-12H2. The summed E-state index contributed by atoms with van der Waals surface area (Å²) in [5, 5.41) is 0.924. The Morgan fingerprint density at radius 3 is 2.67 bits per heavy atom. The number of nitrogens with zero attached hydrogens (tertiary/aromatic N) is 3. The molecular formula is C16H18ClN3O. The van der Waals surface area contributed by atoms with Crippen LogP contribution in [0.4, 0.5) is 0 Å². The molecule has 0 aliphatic carbocycles. The van der Waals surface area contributed by atoms with Gasteiger partial charge in [-0.15, -0.1) is 11.6 Å². The minimum Gasteiger partial charge on any atom is -0.336 e. The highest BCUT2D eigenvalue weighted by Crippen LogP contribution is 2.18. The fraction of sp³-hybridized carbons (Fsp3) is 0.375. The fourth-order valence-electron chi connectivity index (χ4n) is 2.75. The maximum atomic E-state index is 12.7. The highest BCUT2D eigenvalue weighted by atomic mass is 35.5. The first-order valence-corrected chi connectivity index (χ1v) is 7.74. The van der Waals surface area contributed by atoms with Crippen LogP contribution in [0.2, 0.25) is 0 Å². The summed E-state index contributed by atoms with van der Waals surface area (Å²) >= 11 is 5.77. The second-order valence-electron chi connectivity index (χ2n) is 5.20. The second kappa shape index (κ2) is 6.41. The van der Waals surface area contributed by atoms with E-state index in [0.29, 0.717) is 5.88 Å². The summed E-state index contributed by atoms with van der Waals surface area (Å²) < 4.78 is 0. The minimum atomic E-state index is 0.0964. The monoisotopic (exact) mass is 303 g/mol. The van der Waals surface area contributed by atoms with Gasteiger partial charge in [0, 0.05) is 50.2 Å². The summed E-state index contributed by atoms with van der Waals surface area (Å²) in [5.74, 6) is 0.738. The third kappa shape index (κ3) is 3.01. The predicted octanol–water partition coefficient (Wildman–Crippen LogP) is 2.23. The van der Waals surface area contributed by atoms with Crippen molar-refractivity contribution in [2.45, 2.75) is 0 Å². The lowest BCUT2D eigenvalue weighted by molar-refractivity contribution is 0.0646. The lowest BCUT2D eigenvalue weighted by atomic mass is 10.1. The van der Waals surface area contributed by atoms with E-state index < -0.39 is 0 Å². The summed E-state index contributed by atoms with van der Waals surface area (Å²) in [7, 11) is 0. The molecule has 0 atom stereocenters. The number of hydrogen-bond acceptors (Lipinski definition) is 3. The first-order chi connectivity index (χ1) is 10.3. The summed E-state index contributed by atoms with van der Waals surface area (Å²) in [6, 6.07) is 9.59. The van der Waals surface area contributed by atoms with E-state index in [-0.39, 0.29) is 5.91 Å². The second-order valence-corrected chi connectivity index (χ2v) is 5.58. The van der Waals surface area contributed by atoms with Gasteiger partial charge in [-0.05, 0) is 12.1 Å². The summed E-state index contributed by atoms with van der Waals surface area (Å²) in [6.45, 7) is 4.18. The van der Waals surface area contributed by atoms with Crippen molar-refractivity contribution < 1.29 is 4.79 Å². The molecule has 1 aliphatic heterocycles. The number of benzene rings is 1. The van der Waals surface area contributed by atoms with Crippen molar-refractivity contribution in [3.63, 3.8) is 0 Å². The molecule has 2 aromatic rings. The van der Waals surface area contributed by atoms with Crippen LogP contribution in [0.25, 0.3) is 10.9 Å². The van der Waals surface area contributed by atoms with E-state index in [1.165, 1.54) is 0 Å². The van der Waals surface area contributed by atoms with Crippen LogP contribution >= 0.6 is 11.6 Å². The topological polar surface area (TPSA) is 36.4 Å². The number of carbonyl (C=O) groups excluding carboxylic acids is 1.